The van der Waals surface area contributed by atoms with Crippen LogP contribution in [0.5, 0.6) is 0 Å². The number of fused-ring (bicyclic) bond motifs is 5. The van der Waals surface area contributed by atoms with Crippen LogP contribution in [0, 0.1) is 22.7 Å². The molecule has 7 atom stereocenters. The Labute approximate surface area is 172 Å². The minimum atomic E-state index is -0.902. The predicted molar refractivity (Wildman–Crippen MR) is 105 cm³/mol. The molecule has 0 aromatic carbocycles. The van der Waals surface area contributed by atoms with E-state index >= 15 is 0 Å². The highest BCUT2D eigenvalue weighted by Gasteiger charge is 2.72. The number of ketones is 1. The van der Waals surface area contributed by atoms with Gasteiger partial charge in [0.1, 0.15) is 17.5 Å². The maximum Gasteiger partial charge on any atom is 0.303 e. The Morgan fingerprint density at radius 3 is 2.31 bits per heavy atom. The molecule has 6 nitrogen and oxygen atoms in total. The summed E-state index contributed by atoms with van der Waals surface area (Å²) in [5.41, 5.74) is -2.62. The summed E-state index contributed by atoms with van der Waals surface area (Å²) in [6, 6.07) is 0. The Morgan fingerprint density at radius 2 is 1.66 bits per heavy atom. The summed E-state index contributed by atoms with van der Waals surface area (Å²) in [4.78, 5) is 36.4. The molecule has 0 spiro atoms. The van der Waals surface area contributed by atoms with E-state index in [1.54, 1.807) is 0 Å². The van der Waals surface area contributed by atoms with Crippen molar-refractivity contribution in [2.75, 3.05) is 0 Å². The molecule has 162 valence electrons. The predicted octanol–water partition coefficient (Wildman–Crippen LogP) is 3.33. The maximum atomic E-state index is 12.9. The smallest absolute Gasteiger partial charge is 0.303 e. The lowest BCUT2D eigenvalue weighted by molar-refractivity contribution is -0.257. The Morgan fingerprint density at radius 1 is 0.966 bits per heavy atom. The summed E-state index contributed by atoms with van der Waals surface area (Å²) in [5, 5.41) is 11.7. The number of hydrogen-bond donors (Lipinski definition) is 1. The molecule has 0 heterocycles. The van der Waals surface area contributed by atoms with Crippen LogP contribution in [0.15, 0.2) is 0 Å². The molecule has 4 fully saturated rings. The van der Waals surface area contributed by atoms with Crippen molar-refractivity contribution in [3.05, 3.63) is 0 Å². The van der Waals surface area contributed by atoms with Crippen LogP contribution < -0.4 is 0 Å². The molecule has 0 bridgehead atoms. The summed E-state index contributed by atoms with van der Waals surface area (Å²) in [7, 11) is 0. The lowest BCUT2D eigenvalue weighted by Gasteiger charge is -2.65. The van der Waals surface area contributed by atoms with E-state index in [0.29, 0.717) is 32.1 Å². The van der Waals surface area contributed by atoms with Gasteiger partial charge in [-0.05, 0) is 63.2 Å². The molecule has 0 saturated heterocycles. The molecule has 29 heavy (non-hydrogen) atoms. The van der Waals surface area contributed by atoms with Crippen molar-refractivity contribution in [1.82, 2.24) is 0 Å². The van der Waals surface area contributed by atoms with Gasteiger partial charge in [0.15, 0.2) is 0 Å². The summed E-state index contributed by atoms with van der Waals surface area (Å²) < 4.78 is 11.5. The third kappa shape index (κ3) is 2.74. The Balaban J connectivity index is 1.69. The topological polar surface area (TPSA) is 89.9 Å². The molecule has 1 N–H and O–H groups in total. The van der Waals surface area contributed by atoms with Gasteiger partial charge in [0, 0.05) is 32.6 Å². The largest absolute Gasteiger partial charge is 0.462 e. The summed E-state index contributed by atoms with van der Waals surface area (Å²) in [6.07, 6.45) is 5.62. The molecule has 7 unspecified atom stereocenters. The molecule has 4 aliphatic carbocycles. The second-order valence-corrected chi connectivity index (χ2v) is 10.5. The van der Waals surface area contributed by atoms with Crippen LogP contribution in [-0.4, -0.2) is 40.1 Å². The normalized spacial score (nSPS) is 48.9. The van der Waals surface area contributed by atoms with E-state index in [0.717, 1.165) is 25.7 Å². The van der Waals surface area contributed by atoms with Crippen molar-refractivity contribution >= 4 is 17.7 Å². The average Bonchev–Trinajstić information content (AvgIpc) is 2.87. The molecular formula is C23H34O6. The van der Waals surface area contributed by atoms with Gasteiger partial charge in [0.2, 0.25) is 0 Å². The minimum Gasteiger partial charge on any atom is -0.462 e. The summed E-state index contributed by atoms with van der Waals surface area (Å²) in [5.74, 6) is -0.162. The van der Waals surface area contributed by atoms with Gasteiger partial charge in [-0.15, -0.1) is 0 Å². The number of Topliss-reactive ketones (excluding diaryl/α,β-unsaturated/α-hetero) is 1. The van der Waals surface area contributed by atoms with E-state index in [1.807, 2.05) is 6.92 Å². The van der Waals surface area contributed by atoms with Gasteiger partial charge in [-0.25, -0.2) is 0 Å². The van der Waals surface area contributed by atoms with E-state index in [9.17, 15) is 19.5 Å². The van der Waals surface area contributed by atoms with E-state index in [2.05, 4.69) is 6.92 Å². The minimum absolute atomic E-state index is 0.0761. The van der Waals surface area contributed by atoms with Crippen LogP contribution in [0.2, 0.25) is 0 Å². The van der Waals surface area contributed by atoms with Gasteiger partial charge in [0.25, 0.3) is 0 Å². The molecule has 0 aromatic heterocycles. The lowest BCUT2D eigenvalue weighted by Crippen LogP contribution is -2.68. The maximum absolute atomic E-state index is 12.9. The molecule has 6 heteroatoms. The van der Waals surface area contributed by atoms with Crippen molar-refractivity contribution in [3.8, 4) is 0 Å². The van der Waals surface area contributed by atoms with Crippen LogP contribution in [-0.2, 0) is 23.9 Å². The number of carbonyl (C=O) groups is 3. The highest BCUT2D eigenvalue weighted by atomic mass is 16.6. The quantitative estimate of drug-likeness (QED) is 0.708. The Hall–Kier alpha value is -1.43. The van der Waals surface area contributed by atoms with Crippen LogP contribution in [0.1, 0.15) is 85.5 Å². The Bertz CT molecular complexity index is 748. The van der Waals surface area contributed by atoms with Crippen molar-refractivity contribution in [3.63, 3.8) is 0 Å². The number of ether oxygens (including phenoxy) is 2. The zero-order valence-electron chi connectivity index (χ0n) is 18.1. The van der Waals surface area contributed by atoms with E-state index in [1.165, 1.54) is 13.8 Å². The highest BCUT2D eigenvalue weighted by Crippen LogP contribution is 2.69. The first kappa shape index (κ1) is 20.8. The van der Waals surface area contributed by atoms with E-state index in [-0.39, 0.29) is 41.1 Å². The fourth-order valence-corrected chi connectivity index (χ4v) is 7.75. The zero-order chi connectivity index (χ0) is 21.2. The van der Waals surface area contributed by atoms with Crippen molar-refractivity contribution in [2.24, 2.45) is 22.7 Å². The van der Waals surface area contributed by atoms with Gasteiger partial charge in [-0.1, -0.05) is 6.92 Å². The number of hydrogen-bond acceptors (Lipinski definition) is 6. The SMILES string of the molecule is CC(=O)OC1CCC2(C)C3CCC4(C)C(=O)CCC4(OC(C)=O)C3CCC2(O)C1. The first-order chi connectivity index (χ1) is 13.5. The molecule has 4 aliphatic rings. The molecule has 4 rings (SSSR count). The van der Waals surface area contributed by atoms with Gasteiger partial charge in [-0.3, -0.25) is 14.4 Å². The molecule has 0 radical (unpaired) electrons. The average molecular weight is 407 g/mol. The number of esters is 2. The third-order valence-electron chi connectivity index (χ3n) is 9.27. The van der Waals surface area contributed by atoms with Gasteiger partial charge in [0.05, 0.1) is 11.0 Å². The fourth-order valence-electron chi connectivity index (χ4n) is 7.75. The zero-order valence-corrected chi connectivity index (χ0v) is 18.1. The highest BCUT2D eigenvalue weighted by molar-refractivity contribution is 5.89. The first-order valence-electron chi connectivity index (χ1n) is 11.1. The van der Waals surface area contributed by atoms with Gasteiger partial charge >= 0.3 is 11.9 Å². The van der Waals surface area contributed by atoms with Crippen LogP contribution in [0.3, 0.4) is 0 Å². The van der Waals surface area contributed by atoms with Crippen LogP contribution in [0.4, 0.5) is 0 Å². The lowest BCUT2D eigenvalue weighted by atomic mass is 9.42. The molecule has 0 amide bonds. The van der Waals surface area contributed by atoms with Crippen LogP contribution >= 0.6 is 0 Å². The van der Waals surface area contributed by atoms with Gasteiger partial charge < -0.3 is 14.6 Å². The summed E-state index contributed by atoms with van der Waals surface area (Å²) in [6.45, 7) is 7.00. The summed E-state index contributed by atoms with van der Waals surface area (Å²) >= 11 is 0. The number of rotatable bonds is 2. The number of aliphatic hydroxyl groups is 1. The van der Waals surface area contributed by atoms with Crippen molar-refractivity contribution < 1.29 is 29.0 Å². The van der Waals surface area contributed by atoms with Gasteiger partial charge in [-0.2, -0.15) is 0 Å². The molecular weight excluding hydrogens is 372 g/mol. The molecule has 0 aromatic rings. The first-order valence-corrected chi connectivity index (χ1v) is 11.1. The second kappa shape index (κ2) is 6.53. The molecule has 4 saturated carbocycles. The van der Waals surface area contributed by atoms with E-state index < -0.39 is 16.6 Å². The second-order valence-electron chi connectivity index (χ2n) is 10.5. The Kier molecular flexibility index (Phi) is 4.69. The van der Waals surface area contributed by atoms with Crippen LogP contribution in [0.25, 0.3) is 0 Å². The van der Waals surface area contributed by atoms with Crippen molar-refractivity contribution in [2.45, 2.75) is 103 Å². The standard InChI is InChI=1S/C23H34O6/c1-14(24)28-16-5-9-20(3)17-6-10-21(4)19(26)8-12-23(21,29-15(2)25)18(17)7-11-22(20,27)13-16/h16-18,27H,5-13H2,1-4H3. The molecule has 0 aliphatic heterocycles. The van der Waals surface area contributed by atoms with Crippen molar-refractivity contribution in [1.29, 1.82) is 0 Å². The monoisotopic (exact) mass is 406 g/mol. The third-order valence-corrected chi connectivity index (χ3v) is 9.27. The number of carbonyl (C=O) groups excluding carboxylic acids is 3. The van der Waals surface area contributed by atoms with E-state index in [4.69, 9.17) is 9.47 Å². The fraction of sp³-hybridized carbons (Fsp3) is 0.870.